The number of fused-ring (bicyclic) bond motifs is 1. The molecular formula is C20H21N3O5S. The number of aromatic nitrogens is 1. The van der Waals surface area contributed by atoms with E-state index in [4.69, 9.17) is 9.15 Å². The van der Waals surface area contributed by atoms with Crippen LogP contribution >= 0.6 is 11.3 Å². The zero-order chi connectivity index (χ0) is 20.4. The van der Waals surface area contributed by atoms with Crippen molar-refractivity contribution in [3.8, 4) is 16.3 Å². The maximum Gasteiger partial charge on any atom is 0.346 e. The minimum Gasteiger partial charge on any atom is -0.508 e. The number of carbonyl (C=O) groups is 1. The van der Waals surface area contributed by atoms with Crippen LogP contribution in [-0.4, -0.2) is 60.3 Å². The van der Waals surface area contributed by atoms with Gasteiger partial charge in [0.05, 0.1) is 24.5 Å². The number of aryl methyl sites for hydroxylation is 1. The van der Waals surface area contributed by atoms with Crippen molar-refractivity contribution in [2.75, 3.05) is 39.4 Å². The Balaban J connectivity index is 1.50. The molecule has 2 aromatic heterocycles. The fourth-order valence-electron chi connectivity index (χ4n) is 3.20. The van der Waals surface area contributed by atoms with Crippen molar-refractivity contribution in [2.24, 2.45) is 0 Å². The summed E-state index contributed by atoms with van der Waals surface area (Å²) in [5.41, 5.74) is 0.604. The third-order valence-electron chi connectivity index (χ3n) is 4.77. The predicted molar refractivity (Wildman–Crippen MR) is 110 cm³/mol. The molecule has 1 aromatic carbocycles. The number of benzene rings is 1. The van der Waals surface area contributed by atoms with Gasteiger partial charge < -0.3 is 19.6 Å². The molecule has 4 rings (SSSR count). The number of hydrogen-bond donors (Lipinski definition) is 2. The van der Waals surface area contributed by atoms with E-state index < -0.39 is 5.63 Å². The van der Waals surface area contributed by atoms with E-state index in [1.165, 1.54) is 23.5 Å². The van der Waals surface area contributed by atoms with Gasteiger partial charge in [-0.1, -0.05) is 0 Å². The lowest BCUT2D eigenvalue weighted by molar-refractivity contribution is 0.0383. The zero-order valence-electron chi connectivity index (χ0n) is 15.9. The first-order chi connectivity index (χ1) is 14.0. The van der Waals surface area contributed by atoms with Crippen LogP contribution in [0.25, 0.3) is 21.5 Å². The highest BCUT2D eigenvalue weighted by molar-refractivity contribution is 7.17. The number of nitrogens with one attached hydrogen (secondary N) is 1. The number of rotatable bonds is 5. The first-order valence-electron chi connectivity index (χ1n) is 9.34. The topological polar surface area (TPSA) is 105 Å². The summed E-state index contributed by atoms with van der Waals surface area (Å²) in [6, 6.07) is 6.24. The average molecular weight is 415 g/mol. The Kier molecular flexibility index (Phi) is 5.61. The van der Waals surface area contributed by atoms with Crippen LogP contribution in [0.2, 0.25) is 0 Å². The molecule has 1 saturated heterocycles. The molecule has 0 saturated carbocycles. The molecule has 29 heavy (non-hydrogen) atoms. The fraction of sp³-hybridized carbons (Fsp3) is 0.350. The van der Waals surface area contributed by atoms with Crippen molar-refractivity contribution in [1.29, 1.82) is 0 Å². The van der Waals surface area contributed by atoms with E-state index in [9.17, 15) is 14.7 Å². The van der Waals surface area contributed by atoms with Gasteiger partial charge >= 0.3 is 5.63 Å². The molecular weight excluding hydrogens is 394 g/mol. The summed E-state index contributed by atoms with van der Waals surface area (Å²) < 4.78 is 10.6. The summed E-state index contributed by atoms with van der Waals surface area (Å²) in [7, 11) is 0. The Morgan fingerprint density at radius 3 is 2.90 bits per heavy atom. The second-order valence-electron chi connectivity index (χ2n) is 6.81. The monoisotopic (exact) mass is 415 g/mol. The van der Waals surface area contributed by atoms with Crippen molar-refractivity contribution in [1.82, 2.24) is 15.2 Å². The Bertz CT molecular complexity index is 1100. The van der Waals surface area contributed by atoms with Crippen molar-refractivity contribution >= 4 is 28.2 Å². The summed E-state index contributed by atoms with van der Waals surface area (Å²) in [5, 5.41) is 13.6. The molecule has 0 unspecified atom stereocenters. The first-order valence-corrected chi connectivity index (χ1v) is 10.2. The van der Waals surface area contributed by atoms with Gasteiger partial charge in [0.25, 0.3) is 5.91 Å². The molecule has 1 aliphatic rings. The number of thiazole rings is 1. The number of aromatic hydroxyl groups is 1. The summed E-state index contributed by atoms with van der Waals surface area (Å²) in [4.78, 5) is 32.1. The second-order valence-corrected chi connectivity index (χ2v) is 7.81. The number of phenols is 1. The summed E-state index contributed by atoms with van der Waals surface area (Å²) in [6.45, 7) is 6.23. The number of carbonyl (C=O) groups excluding carboxylic acids is 1. The number of hydrogen-bond acceptors (Lipinski definition) is 8. The van der Waals surface area contributed by atoms with E-state index in [2.05, 4.69) is 15.2 Å². The number of morpholine rings is 1. The molecule has 3 heterocycles. The largest absolute Gasteiger partial charge is 0.508 e. The van der Waals surface area contributed by atoms with Gasteiger partial charge in [-0.25, -0.2) is 9.78 Å². The number of phenolic OH excluding ortho intramolecular Hbond substituents is 1. The summed E-state index contributed by atoms with van der Waals surface area (Å²) in [5.74, 6) is -0.177. The van der Waals surface area contributed by atoms with E-state index in [1.54, 1.807) is 19.1 Å². The number of ether oxygens (including phenoxy) is 1. The van der Waals surface area contributed by atoms with Gasteiger partial charge in [0.15, 0.2) is 0 Å². The average Bonchev–Trinajstić information content (AvgIpc) is 3.09. The molecule has 1 aliphatic heterocycles. The third-order valence-corrected chi connectivity index (χ3v) is 5.96. The Morgan fingerprint density at radius 1 is 1.31 bits per heavy atom. The van der Waals surface area contributed by atoms with Gasteiger partial charge in [-0.05, 0) is 25.1 Å². The molecule has 2 N–H and O–H groups in total. The highest BCUT2D eigenvalue weighted by atomic mass is 32.1. The van der Waals surface area contributed by atoms with Crippen LogP contribution in [0.3, 0.4) is 0 Å². The lowest BCUT2D eigenvalue weighted by atomic mass is 10.2. The quantitative estimate of drug-likeness (QED) is 0.614. The molecule has 0 bridgehead atoms. The second kappa shape index (κ2) is 8.32. The third kappa shape index (κ3) is 4.31. The van der Waals surface area contributed by atoms with E-state index in [0.29, 0.717) is 38.7 Å². The van der Waals surface area contributed by atoms with E-state index >= 15 is 0 Å². The van der Waals surface area contributed by atoms with Crippen LogP contribution in [0, 0.1) is 6.92 Å². The van der Waals surface area contributed by atoms with Gasteiger partial charge in [-0.15, -0.1) is 11.3 Å². The van der Waals surface area contributed by atoms with Crippen LogP contribution in [0.15, 0.2) is 33.5 Å². The fourth-order valence-corrected chi connectivity index (χ4v) is 4.19. The normalized spacial score (nSPS) is 14.9. The van der Waals surface area contributed by atoms with E-state index in [0.717, 1.165) is 32.8 Å². The Hall–Kier alpha value is -2.75. The van der Waals surface area contributed by atoms with Gasteiger partial charge in [0, 0.05) is 37.6 Å². The molecule has 1 fully saturated rings. The Labute approximate surface area is 170 Å². The van der Waals surface area contributed by atoms with Crippen LogP contribution in [0.5, 0.6) is 5.75 Å². The van der Waals surface area contributed by atoms with Gasteiger partial charge in [-0.3, -0.25) is 9.69 Å². The molecule has 0 spiro atoms. The maximum absolute atomic E-state index is 12.6. The number of amides is 1. The SMILES string of the molecule is Cc1nc(-c2cc3ccc(O)cc3oc2=O)sc1C(=O)NCCN1CCOCC1. The van der Waals surface area contributed by atoms with E-state index in [1.807, 2.05) is 0 Å². The maximum atomic E-state index is 12.6. The van der Waals surface area contributed by atoms with Crippen LogP contribution in [0.4, 0.5) is 0 Å². The molecule has 0 atom stereocenters. The lowest BCUT2D eigenvalue weighted by Crippen LogP contribution is -2.41. The molecule has 152 valence electrons. The standard InChI is InChI=1S/C20H21N3O5S/c1-12-17(18(25)21-4-5-23-6-8-27-9-7-23)29-19(22-12)15-10-13-2-3-14(24)11-16(13)28-20(15)26/h2-3,10-11,24H,4-9H2,1H3,(H,21,25). The number of nitrogens with zero attached hydrogens (tertiary/aromatic N) is 2. The zero-order valence-corrected chi connectivity index (χ0v) is 16.8. The molecule has 0 radical (unpaired) electrons. The van der Waals surface area contributed by atoms with Crippen molar-refractivity contribution in [3.05, 3.63) is 45.3 Å². The molecule has 3 aromatic rings. The predicted octanol–water partition coefficient (Wildman–Crippen LogP) is 1.99. The minimum absolute atomic E-state index is 0.0227. The van der Waals surface area contributed by atoms with Gasteiger partial charge in [0.1, 0.15) is 21.2 Å². The molecule has 1 amide bonds. The minimum atomic E-state index is -0.559. The molecule has 0 aliphatic carbocycles. The highest BCUT2D eigenvalue weighted by Crippen LogP contribution is 2.28. The van der Waals surface area contributed by atoms with Gasteiger partial charge in [-0.2, -0.15) is 0 Å². The molecule has 8 nitrogen and oxygen atoms in total. The summed E-state index contributed by atoms with van der Waals surface area (Å²) in [6.07, 6.45) is 0. The van der Waals surface area contributed by atoms with Crippen LogP contribution < -0.4 is 10.9 Å². The highest BCUT2D eigenvalue weighted by Gasteiger charge is 2.19. The summed E-state index contributed by atoms with van der Waals surface area (Å²) >= 11 is 1.17. The van der Waals surface area contributed by atoms with Crippen molar-refractivity contribution in [3.63, 3.8) is 0 Å². The van der Waals surface area contributed by atoms with Crippen molar-refractivity contribution in [2.45, 2.75) is 6.92 Å². The van der Waals surface area contributed by atoms with Crippen molar-refractivity contribution < 1.29 is 19.1 Å². The van der Waals surface area contributed by atoms with Crippen LogP contribution in [0.1, 0.15) is 15.4 Å². The van der Waals surface area contributed by atoms with Crippen LogP contribution in [-0.2, 0) is 4.74 Å². The smallest absolute Gasteiger partial charge is 0.346 e. The Morgan fingerprint density at radius 2 is 2.10 bits per heavy atom. The molecule has 9 heteroatoms. The van der Waals surface area contributed by atoms with E-state index in [-0.39, 0.29) is 11.7 Å². The first kappa shape index (κ1) is 19.6. The lowest BCUT2D eigenvalue weighted by Gasteiger charge is -2.26. The van der Waals surface area contributed by atoms with Gasteiger partial charge in [0.2, 0.25) is 0 Å².